The molecule has 0 spiro atoms. The molecule has 0 radical (unpaired) electrons. The molecule has 0 fully saturated rings. The number of methoxy groups -OCH3 is 1. The molecular weight excluding hydrogens is 322 g/mol. The number of hydrogen-bond donors (Lipinski definition) is 2. The Kier molecular flexibility index (Phi) is 6.54. The van der Waals surface area contributed by atoms with Gasteiger partial charge < -0.3 is 19.9 Å². The van der Waals surface area contributed by atoms with Crippen molar-refractivity contribution >= 4 is 17.6 Å². The molecule has 0 aliphatic heterocycles. The number of rotatable bonds is 8. The Hall–Kier alpha value is -2.86. The molecule has 0 aliphatic rings. The van der Waals surface area contributed by atoms with Crippen LogP contribution in [-0.4, -0.2) is 37.3 Å². The summed E-state index contributed by atoms with van der Waals surface area (Å²) in [6, 6.07) is 13.6. The van der Waals surface area contributed by atoms with Gasteiger partial charge in [0.1, 0.15) is 12.4 Å². The number of carboxylic acids is 1. The van der Waals surface area contributed by atoms with Gasteiger partial charge in [-0.15, -0.1) is 0 Å². The lowest BCUT2D eigenvalue weighted by molar-refractivity contribution is -0.138. The molecule has 2 aromatic carbocycles. The molecule has 2 N–H and O–H groups in total. The van der Waals surface area contributed by atoms with Gasteiger partial charge in [0.05, 0.1) is 12.5 Å². The molecule has 6 heteroatoms. The maximum atomic E-state index is 12.4. The lowest BCUT2D eigenvalue weighted by atomic mass is 10.0. The van der Waals surface area contributed by atoms with Gasteiger partial charge in [0.2, 0.25) is 0 Å². The van der Waals surface area contributed by atoms with Gasteiger partial charge in [0.25, 0.3) is 5.91 Å². The van der Waals surface area contributed by atoms with Crippen molar-refractivity contribution in [3.63, 3.8) is 0 Å². The van der Waals surface area contributed by atoms with Crippen LogP contribution in [0.1, 0.15) is 28.8 Å². The minimum absolute atomic E-state index is 0.294. The summed E-state index contributed by atoms with van der Waals surface area (Å²) >= 11 is 0. The summed E-state index contributed by atoms with van der Waals surface area (Å²) in [7, 11) is 1.59. The molecule has 0 saturated heterocycles. The van der Waals surface area contributed by atoms with Gasteiger partial charge >= 0.3 is 5.97 Å². The highest BCUT2D eigenvalue weighted by Crippen LogP contribution is 2.21. The second kappa shape index (κ2) is 8.84. The first-order chi connectivity index (χ1) is 12.0. The first-order valence-electron chi connectivity index (χ1n) is 7.87. The van der Waals surface area contributed by atoms with Gasteiger partial charge in [-0.05, 0) is 42.8 Å². The fraction of sp³-hybridized carbons (Fsp3) is 0.263. The number of nitrogens with one attached hydrogen (secondary N) is 1. The standard InChI is InChI=1S/C19H21NO5/c1-13(19(22)23)14-5-3-7-16(11-14)20-18(21)15-6-4-8-17(12-15)25-10-9-24-2/h3-8,11-13H,9-10H2,1-2H3,(H,20,21)(H,22,23). The smallest absolute Gasteiger partial charge is 0.310 e. The minimum Gasteiger partial charge on any atom is -0.491 e. The van der Waals surface area contributed by atoms with Crippen LogP contribution in [0.5, 0.6) is 5.75 Å². The van der Waals surface area contributed by atoms with Crippen LogP contribution in [0.2, 0.25) is 0 Å². The SMILES string of the molecule is COCCOc1cccc(C(=O)Nc2cccc(C(C)C(=O)O)c2)c1. The lowest BCUT2D eigenvalue weighted by Gasteiger charge is -2.11. The third-order valence-corrected chi connectivity index (χ3v) is 3.67. The predicted molar refractivity (Wildman–Crippen MR) is 94.3 cm³/mol. The van der Waals surface area contributed by atoms with Gasteiger partial charge in [-0.1, -0.05) is 18.2 Å². The van der Waals surface area contributed by atoms with Gasteiger partial charge in [-0.3, -0.25) is 9.59 Å². The van der Waals surface area contributed by atoms with Crippen LogP contribution >= 0.6 is 0 Å². The minimum atomic E-state index is -0.913. The Balaban J connectivity index is 2.08. The number of hydrogen-bond acceptors (Lipinski definition) is 4. The fourth-order valence-corrected chi connectivity index (χ4v) is 2.20. The number of carbonyl (C=O) groups is 2. The monoisotopic (exact) mass is 343 g/mol. The second-order valence-corrected chi connectivity index (χ2v) is 5.51. The molecule has 0 aromatic heterocycles. The van der Waals surface area contributed by atoms with Crippen molar-refractivity contribution in [2.24, 2.45) is 0 Å². The van der Waals surface area contributed by atoms with Crippen LogP contribution in [0.3, 0.4) is 0 Å². The molecule has 0 bridgehead atoms. The van der Waals surface area contributed by atoms with E-state index in [-0.39, 0.29) is 5.91 Å². The highest BCUT2D eigenvalue weighted by Gasteiger charge is 2.14. The van der Waals surface area contributed by atoms with E-state index in [1.165, 1.54) is 0 Å². The van der Waals surface area contributed by atoms with Crippen LogP contribution in [0, 0.1) is 0 Å². The molecule has 1 atom stereocenters. The molecule has 2 rings (SSSR count). The average Bonchev–Trinajstić information content (AvgIpc) is 2.61. The van der Waals surface area contributed by atoms with Crippen molar-refractivity contribution in [2.45, 2.75) is 12.8 Å². The molecule has 0 aliphatic carbocycles. The summed E-state index contributed by atoms with van der Waals surface area (Å²) in [5.41, 5.74) is 1.62. The molecular formula is C19H21NO5. The number of aliphatic carboxylic acids is 1. The van der Waals surface area contributed by atoms with Crippen molar-refractivity contribution < 1.29 is 24.2 Å². The molecule has 0 heterocycles. The highest BCUT2D eigenvalue weighted by atomic mass is 16.5. The Morgan fingerprint density at radius 2 is 1.88 bits per heavy atom. The largest absolute Gasteiger partial charge is 0.491 e. The highest BCUT2D eigenvalue weighted by molar-refractivity contribution is 6.04. The van der Waals surface area contributed by atoms with E-state index in [4.69, 9.17) is 14.6 Å². The van der Waals surface area contributed by atoms with Crippen molar-refractivity contribution in [1.29, 1.82) is 0 Å². The number of amides is 1. The molecule has 1 unspecified atom stereocenters. The van der Waals surface area contributed by atoms with E-state index in [9.17, 15) is 9.59 Å². The van der Waals surface area contributed by atoms with E-state index < -0.39 is 11.9 Å². The number of anilines is 1. The fourth-order valence-electron chi connectivity index (χ4n) is 2.20. The van der Waals surface area contributed by atoms with Crippen molar-refractivity contribution in [1.82, 2.24) is 0 Å². The molecule has 132 valence electrons. The number of benzene rings is 2. The van der Waals surface area contributed by atoms with Crippen molar-refractivity contribution in [3.05, 3.63) is 59.7 Å². The predicted octanol–water partition coefficient (Wildman–Crippen LogP) is 3.15. The Labute approximate surface area is 146 Å². The summed E-state index contributed by atoms with van der Waals surface area (Å²) in [4.78, 5) is 23.5. The van der Waals surface area contributed by atoms with Crippen LogP contribution in [0.15, 0.2) is 48.5 Å². The lowest BCUT2D eigenvalue weighted by Crippen LogP contribution is -2.13. The third-order valence-electron chi connectivity index (χ3n) is 3.67. The second-order valence-electron chi connectivity index (χ2n) is 5.51. The van der Waals surface area contributed by atoms with Gasteiger partial charge in [0.15, 0.2) is 0 Å². The Morgan fingerprint density at radius 1 is 1.12 bits per heavy atom. The first-order valence-corrected chi connectivity index (χ1v) is 7.87. The van der Waals surface area contributed by atoms with E-state index in [2.05, 4.69) is 5.32 Å². The summed E-state index contributed by atoms with van der Waals surface area (Å²) in [5.74, 6) is -1.27. The molecule has 6 nitrogen and oxygen atoms in total. The molecule has 2 aromatic rings. The van der Waals surface area contributed by atoms with Crippen LogP contribution in [-0.2, 0) is 9.53 Å². The number of carboxylic acid groups (broad SMARTS) is 1. The van der Waals surface area contributed by atoms with Crippen molar-refractivity contribution in [3.8, 4) is 5.75 Å². The summed E-state index contributed by atoms with van der Waals surface area (Å²) < 4.78 is 10.4. The third kappa shape index (κ3) is 5.32. The number of ether oxygens (including phenoxy) is 2. The van der Waals surface area contributed by atoms with Crippen LogP contribution in [0.4, 0.5) is 5.69 Å². The van der Waals surface area contributed by atoms with Crippen molar-refractivity contribution in [2.75, 3.05) is 25.6 Å². The normalized spacial score (nSPS) is 11.6. The zero-order valence-corrected chi connectivity index (χ0v) is 14.2. The van der Waals surface area contributed by atoms with E-state index >= 15 is 0 Å². The van der Waals surface area contributed by atoms with Gasteiger partial charge in [0, 0.05) is 18.4 Å². The molecule has 1 amide bonds. The maximum Gasteiger partial charge on any atom is 0.310 e. The Morgan fingerprint density at radius 3 is 2.60 bits per heavy atom. The zero-order valence-electron chi connectivity index (χ0n) is 14.2. The molecule has 0 saturated carbocycles. The molecule has 25 heavy (non-hydrogen) atoms. The summed E-state index contributed by atoms with van der Waals surface area (Å²) in [6.45, 7) is 2.46. The van der Waals surface area contributed by atoms with Gasteiger partial charge in [-0.25, -0.2) is 0 Å². The van der Waals surface area contributed by atoms with E-state index in [1.807, 2.05) is 0 Å². The maximum absolute atomic E-state index is 12.4. The topological polar surface area (TPSA) is 84.9 Å². The van der Waals surface area contributed by atoms with E-state index in [1.54, 1.807) is 62.6 Å². The van der Waals surface area contributed by atoms with E-state index in [0.29, 0.717) is 35.8 Å². The number of carbonyl (C=O) groups excluding carboxylic acids is 1. The average molecular weight is 343 g/mol. The van der Waals surface area contributed by atoms with Crippen LogP contribution < -0.4 is 10.1 Å². The summed E-state index contributed by atoms with van der Waals surface area (Å²) in [5, 5.41) is 11.9. The first kappa shape index (κ1) is 18.5. The van der Waals surface area contributed by atoms with E-state index in [0.717, 1.165) is 0 Å². The Bertz CT molecular complexity index is 744. The van der Waals surface area contributed by atoms with Gasteiger partial charge in [-0.2, -0.15) is 0 Å². The quantitative estimate of drug-likeness (QED) is 0.719. The van der Waals surface area contributed by atoms with Crippen LogP contribution in [0.25, 0.3) is 0 Å². The summed E-state index contributed by atoms with van der Waals surface area (Å²) in [6.07, 6.45) is 0. The zero-order chi connectivity index (χ0) is 18.2.